The number of hydrogen-bond donors (Lipinski definition) is 0. The molecule has 0 fully saturated rings. The number of rotatable bonds is 21. The third kappa shape index (κ3) is 16.0. The monoisotopic (exact) mass is 498 g/mol. The predicted octanol–water partition coefficient (Wildman–Crippen LogP) is 11.8. The number of alkyl halides is 2. The summed E-state index contributed by atoms with van der Waals surface area (Å²) in [5, 5.41) is 0. The van der Waals surface area contributed by atoms with Gasteiger partial charge in [0.05, 0.1) is 9.42 Å². The maximum absolute atomic E-state index is 6.82. The SMILES string of the molecule is CCCCCCCCCC(C)(C)C(Cl)SSC(Cl)C(C)(C)CCCCCCCCC. The van der Waals surface area contributed by atoms with Crippen molar-refractivity contribution in [2.24, 2.45) is 10.8 Å². The topological polar surface area (TPSA) is 0 Å². The smallest absolute Gasteiger partial charge is 0.0943 e. The molecule has 4 heteroatoms. The van der Waals surface area contributed by atoms with Crippen molar-refractivity contribution in [2.75, 3.05) is 0 Å². The lowest BCUT2D eigenvalue weighted by Crippen LogP contribution is -2.24. The third-order valence-corrected chi connectivity index (χ3v) is 11.9. The standard InChI is InChI=1S/C26H52Cl2S2/c1-7-9-11-13-15-17-19-21-25(3,4)23(27)29-30-24(28)26(5,6)22-20-18-16-14-12-10-8-2/h23-24H,7-22H2,1-6H3. The van der Waals surface area contributed by atoms with E-state index in [2.05, 4.69) is 41.5 Å². The largest absolute Gasteiger partial charge is 0.110 e. The lowest BCUT2D eigenvalue weighted by atomic mass is 9.88. The number of halogens is 2. The molecule has 0 heterocycles. The predicted molar refractivity (Wildman–Crippen MR) is 147 cm³/mol. The second-order valence-electron chi connectivity index (χ2n) is 10.5. The Morgan fingerprint density at radius 3 is 1.07 bits per heavy atom. The Labute approximate surface area is 208 Å². The van der Waals surface area contributed by atoms with Crippen molar-refractivity contribution < 1.29 is 0 Å². The van der Waals surface area contributed by atoms with Crippen molar-refractivity contribution in [3.05, 3.63) is 0 Å². The first-order valence-corrected chi connectivity index (χ1v) is 15.9. The Morgan fingerprint density at radius 2 is 0.767 bits per heavy atom. The molecule has 0 aliphatic heterocycles. The molecule has 0 radical (unpaired) electrons. The summed E-state index contributed by atoms with van der Waals surface area (Å²) in [5.41, 5.74) is 0.309. The summed E-state index contributed by atoms with van der Waals surface area (Å²) in [6.07, 6.45) is 21.5. The Hall–Kier alpha value is 1.28. The van der Waals surface area contributed by atoms with Crippen LogP contribution in [0.5, 0.6) is 0 Å². The van der Waals surface area contributed by atoms with Crippen LogP contribution in [0.15, 0.2) is 0 Å². The average Bonchev–Trinajstić information content (AvgIpc) is 2.70. The van der Waals surface area contributed by atoms with Gasteiger partial charge in [0, 0.05) is 0 Å². The first kappa shape index (κ1) is 31.3. The highest BCUT2D eigenvalue weighted by molar-refractivity contribution is 8.77. The molecule has 2 atom stereocenters. The summed E-state index contributed by atoms with van der Waals surface area (Å²) in [6.45, 7) is 13.8. The summed E-state index contributed by atoms with van der Waals surface area (Å²) >= 11 is 13.6. The fraction of sp³-hybridized carbons (Fsp3) is 1.00. The van der Waals surface area contributed by atoms with E-state index in [1.807, 2.05) is 0 Å². The molecular weight excluding hydrogens is 447 g/mol. The van der Waals surface area contributed by atoms with E-state index in [0.717, 1.165) is 0 Å². The van der Waals surface area contributed by atoms with Crippen molar-refractivity contribution in [3.8, 4) is 0 Å². The summed E-state index contributed by atoms with van der Waals surface area (Å²) in [6, 6.07) is 0. The van der Waals surface area contributed by atoms with Gasteiger partial charge in [-0.15, -0.1) is 23.2 Å². The lowest BCUT2D eigenvalue weighted by molar-refractivity contribution is 0.346. The van der Waals surface area contributed by atoms with Crippen molar-refractivity contribution in [1.29, 1.82) is 0 Å². The maximum Gasteiger partial charge on any atom is 0.0943 e. The van der Waals surface area contributed by atoms with Gasteiger partial charge in [0.1, 0.15) is 0 Å². The zero-order valence-corrected chi connectivity index (χ0v) is 24.2. The minimum absolute atomic E-state index is 0.109. The van der Waals surface area contributed by atoms with Crippen LogP contribution in [0.4, 0.5) is 0 Å². The highest BCUT2D eigenvalue weighted by atomic mass is 35.5. The number of hydrogen-bond acceptors (Lipinski definition) is 2. The third-order valence-electron chi connectivity index (χ3n) is 6.30. The van der Waals surface area contributed by atoms with Gasteiger partial charge in [-0.2, -0.15) is 0 Å². The molecule has 0 rings (SSSR count). The van der Waals surface area contributed by atoms with E-state index >= 15 is 0 Å². The lowest BCUT2D eigenvalue weighted by Gasteiger charge is -2.33. The van der Waals surface area contributed by atoms with Gasteiger partial charge in [0.15, 0.2) is 0 Å². The van der Waals surface area contributed by atoms with Crippen LogP contribution >= 0.6 is 44.8 Å². The van der Waals surface area contributed by atoms with Crippen LogP contribution in [0.1, 0.15) is 144 Å². The van der Waals surface area contributed by atoms with Crippen LogP contribution in [0.2, 0.25) is 0 Å². The molecule has 0 saturated carbocycles. The van der Waals surface area contributed by atoms with Gasteiger partial charge in [0.2, 0.25) is 0 Å². The second kappa shape index (κ2) is 18.7. The van der Waals surface area contributed by atoms with Crippen LogP contribution in [-0.2, 0) is 0 Å². The van der Waals surface area contributed by atoms with E-state index in [9.17, 15) is 0 Å². The van der Waals surface area contributed by atoms with Gasteiger partial charge in [-0.25, -0.2) is 0 Å². The molecule has 0 aromatic heterocycles. The molecule has 0 saturated heterocycles. The van der Waals surface area contributed by atoms with Crippen molar-refractivity contribution in [1.82, 2.24) is 0 Å². The van der Waals surface area contributed by atoms with Gasteiger partial charge in [-0.3, -0.25) is 0 Å². The summed E-state index contributed by atoms with van der Waals surface area (Å²) in [7, 11) is 3.59. The average molecular weight is 500 g/mol. The second-order valence-corrected chi connectivity index (χ2v) is 14.4. The quantitative estimate of drug-likeness (QED) is 0.0875. The van der Waals surface area contributed by atoms with Crippen LogP contribution < -0.4 is 0 Å². The highest BCUT2D eigenvalue weighted by Crippen LogP contribution is 2.50. The molecule has 0 aromatic rings. The number of unbranched alkanes of at least 4 members (excludes halogenated alkanes) is 12. The van der Waals surface area contributed by atoms with E-state index in [1.54, 1.807) is 21.6 Å². The molecule has 0 N–H and O–H groups in total. The van der Waals surface area contributed by atoms with Gasteiger partial charge < -0.3 is 0 Å². The molecule has 0 nitrogen and oxygen atoms in total. The van der Waals surface area contributed by atoms with Gasteiger partial charge >= 0.3 is 0 Å². The summed E-state index contributed by atoms with van der Waals surface area (Å²) in [5.74, 6) is 0. The minimum atomic E-state index is 0.109. The summed E-state index contributed by atoms with van der Waals surface area (Å²) < 4.78 is 0.219. The Morgan fingerprint density at radius 1 is 0.500 bits per heavy atom. The molecule has 30 heavy (non-hydrogen) atoms. The summed E-state index contributed by atoms with van der Waals surface area (Å²) in [4.78, 5) is 0. The van der Waals surface area contributed by atoms with Crippen LogP contribution in [0.3, 0.4) is 0 Å². The van der Waals surface area contributed by atoms with E-state index in [-0.39, 0.29) is 20.2 Å². The van der Waals surface area contributed by atoms with E-state index in [0.29, 0.717) is 0 Å². The molecule has 0 aliphatic rings. The first-order valence-electron chi connectivity index (χ1n) is 12.8. The van der Waals surface area contributed by atoms with Gasteiger partial charge in [0.25, 0.3) is 0 Å². The van der Waals surface area contributed by atoms with Gasteiger partial charge in [-0.1, -0.05) is 153 Å². The van der Waals surface area contributed by atoms with Crippen molar-refractivity contribution in [2.45, 2.75) is 154 Å². The normalized spacial score (nSPS) is 14.8. The van der Waals surface area contributed by atoms with E-state index in [1.165, 1.54) is 103 Å². The molecule has 0 aromatic carbocycles. The zero-order chi connectivity index (χ0) is 22.9. The van der Waals surface area contributed by atoms with Crippen LogP contribution in [0.25, 0.3) is 0 Å². The Kier molecular flexibility index (Phi) is 19.5. The van der Waals surface area contributed by atoms with Gasteiger partial charge in [-0.05, 0) is 23.7 Å². The first-order chi connectivity index (χ1) is 14.2. The highest BCUT2D eigenvalue weighted by Gasteiger charge is 2.32. The fourth-order valence-electron chi connectivity index (χ4n) is 3.66. The molecule has 2 unspecified atom stereocenters. The zero-order valence-electron chi connectivity index (χ0n) is 21.0. The molecule has 0 amide bonds. The Balaban J connectivity index is 4.03. The van der Waals surface area contributed by atoms with Crippen LogP contribution in [-0.4, -0.2) is 9.42 Å². The van der Waals surface area contributed by atoms with Crippen molar-refractivity contribution in [3.63, 3.8) is 0 Å². The molecule has 0 bridgehead atoms. The van der Waals surface area contributed by atoms with Crippen molar-refractivity contribution >= 4 is 44.8 Å². The van der Waals surface area contributed by atoms with Crippen LogP contribution in [0, 0.1) is 10.8 Å². The maximum atomic E-state index is 6.82. The molecular formula is C26H52Cl2S2. The minimum Gasteiger partial charge on any atom is -0.110 e. The molecule has 0 spiro atoms. The van der Waals surface area contributed by atoms with E-state index < -0.39 is 0 Å². The molecule has 182 valence electrons. The molecule has 0 aliphatic carbocycles. The van der Waals surface area contributed by atoms with E-state index in [4.69, 9.17) is 23.2 Å². The Bertz CT molecular complexity index is 349. The fourth-order valence-corrected chi connectivity index (χ4v) is 7.73.